The van der Waals surface area contributed by atoms with Gasteiger partial charge in [-0.3, -0.25) is 14.9 Å². The predicted octanol–water partition coefficient (Wildman–Crippen LogP) is 1.20. The molecule has 0 aliphatic rings. The zero-order chi connectivity index (χ0) is 24.5. The van der Waals surface area contributed by atoms with Gasteiger partial charge in [-0.15, -0.1) is 0 Å². The van der Waals surface area contributed by atoms with E-state index in [1.54, 1.807) is 24.3 Å². The van der Waals surface area contributed by atoms with Crippen LogP contribution in [-0.2, 0) is 6.54 Å². The van der Waals surface area contributed by atoms with Gasteiger partial charge in [0, 0.05) is 16.8 Å². The van der Waals surface area contributed by atoms with E-state index in [4.69, 9.17) is 10.7 Å². The van der Waals surface area contributed by atoms with Gasteiger partial charge in [-0.25, -0.2) is 4.98 Å². The minimum Gasteiger partial charge on any atom is -1.00 e. The van der Waals surface area contributed by atoms with E-state index in [2.05, 4.69) is 5.32 Å². The summed E-state index contributed by atoms with van der Waals surface area (Å²) in [6.07, 6.45) is 0. The van der Waals surface area contributed by atoms with E-state index in [1.165, 1.54) is 6.07 Å². The highest BCUT2D eigenvalue weighted by atomic mass is 35.5. The maximum atomic E-state index is 13.1. The topological polar surface area (TPSA) is 111 Å². The van der Waals surface area contributed by atoms with E-state index in [0.29, 0.717) is 46.4 Å². The molecule has 4 rings (SSSR count). The van der Waals surface area contributed by atoms with Gasteiger partial charge in [-0.2, -0.15) is 0 Å². The number of anilines is 1. The standard InChI is InChI=1S/C26H27N5O3.ClH/c1-17-8-6-10-19-23(27)20-11-7-12-21(25(20)29-24(17)19)26(32)28-14-15-31(2,3)16-18-9-4-5-13-22(18)30(33)34;/h4-13H,14-16H2,1-3H3,(H2-,27,28,29,32);1H. The van der Waals surface area contributed by atoms with Gasteiger partial charge in [-0.1, -0.05) is 42.5 Å². The number of likely N-dealkylation sites (N-methyl/N-ethyl adjacent to an activating group) is 1. The summed E-state index contributed by atoms with van der Waals surface area (Å²) < 4.78 is 0.482. The quantitative estimate of drug-likeness (QED) is 0.174. The maximum absolute atomic E-state index is 13.1. The Bertz CT molecular complexity index is 1420. The number of fused-ring (bicyclic) bond motifs is 2. The van der Waals surface area contributed by atoms with Crippen LogP contribution in [0.3, 0.4) is 0 Å². The molecule has 0 bridgehead atoms. The van der Waals surface area contributed by atoms with Gasteiger partial charge in [0.05, 0.1) is 60.0 Å². The lowest BCUT2D eigenvalue weighted by atomic mass is 10.0. The molecule has 0 atom stereocenters. The number of rotatable bonds is 7. The van der Waals surface area contributed by atoms with Gasteiger partial charge in [0.1, 0.15) is 6.54 Å². The third-order valence-electron chi connectivity index (χ3n) is 6.11. The third kappa shape index (κ3) is 5.34. The smallest absolute Gasteiger partial charge is 0.278 e. The Labute approximate surface area is 209 Å². The van der Waals surface area contributed by atoms with Crippen LogP contribution in [0.5, 0.6) is 0 Å². The first-order valence-corrected chi connectivity index (χ1v) is 11.1. The molecule has 0 unspecified atom stereocenters. The van der Waals surface area contributed by atoms with Gasteiger partial charge in [-0.05, 0) is 24.6 Å². The lowest BCUT2D eigenvalue weighted by Gasteiger charge is -2.29. The molecule has 0 saturated heterocycles. The molecule has 0 radical (unpaired) electrons. The Morgan fingerprint density at radius 1 is 1.03 bits per heavy atom. The number of nitrogens with two attached hydrogens (primary N) is 1. The second-order valence-electron chi connectivity index (χ2n) is 9.16. The first kappa shape index (κ1) is 25.9. The molecule has 0 fully saturated rings. The number of carbonyl (C=O) groups excluding carboxylic acids is 1. The van der Waals surface area contributed by atoms with E-state index in [0.717, 1.165) is 21.9 Å². The summed E-state index contributed by atoms with van der Waals surface area (Å²) in [7, 11) is 3.97. The monoisotopic (exact) mass is 493 g/mol. The number of nitro benzene ring substituents is 1. The zero-order valence-corrected chi connectivity index (χ0v) is 20.7. The number of nitrogens with zero attached hydrogens (tertiary/aromatic N) is 3. The van der Waals surface area contributed by atoms with Crippen molar-refractivity contribution in [3.05, 3.63) is 87.5 Å². The number of quaternary nitrogens is 1. The third-order valence-corrected chi connectivity index (χ3v) is 6.11. The summed E-state index contributed by atoms with van der Waals surface area (Å²) in [5.74, 6) is -0.226. The molecule has 8 nitrogen and oxygen atoms in total. The van der Waals surface area contributed by atoms with Crippen molar-refractivity contribution >= 4 is 39.1 Å². The number of hydrogen-bond donors (Lipinski definition) is 2. The summed E-state index contributed by atoms with van der Waals surface area (Å²) in [5.41, 5.74) is 10.7. The fourth-order valence-corrected chi connectivity index (χ4v) is 4.28. The number of carbonyl (C=O) groups is 1. The Morgan fingerprint density at radius 2 is 1.69 bits per heavy atom. The molecule has 0 spiro atoms. The van der Waals surface area contributed by atoms with Crippen LogP contribution in [0.15, 0.2) is 60.7 Å². The second-order valence-corrected chi connectivity index (χ2v) is 9.16. The number of para-hydroxylation sites is 3. The van der Waals surface area contributed by atoms with Crippen LogP contribution in [-0.4, -0.2) is 47.5 Å². The first-order chi connectivity index (χ1) is 16.2. The number of hydrogen-bond acceptors (Lipinski definition) is 5. The minimum atomic E-state index is -0.359. The lowest BCUT2D eigenvalue weighted by Crippen LogP contribution is -3.00. The number of nitro groups is 1. The van der Waals surface area contributed by atoms with Crippen molar-refractivity contribution < 1.29 is 26.6 Å². The van der Waals surface area contributed by atoms with E-state index in [-0.39, 0.29) is 28.9 Å². The van der Waals surface area contributed by atoms with Crippen molar-refractivity contribution in [2.24, 2.45) is 0 Å². The SMILES string of the molecule is Cc1cccc2c(N)c3cccc(C(=O)NCC[N+](C)(C)Cc4ccccc4[N+](=O)[O-])c3nc12.[Cl-]. The van der Waals surface area contributed by atoms with Crippen molar-refractivity contribution in [1.82, 2.24) is 10.3 Å². The summed E-state index contributed by atoms with van der Waals surface area (Å²) in [6.45, 7) is 3.45. The number of aryl methyl sites for hydroxylation is 1. The summed E-state index contributed by atoms with van der Waals surface area (Å²) in [4.78, 5) is 28.8. The Kier molecular flexibility index (Phi) is 7.57. The number of nitrogens with one attached hydrogen (secondary N) is 1. The van der Waals surface area contributed by atoms with Crippen molar-refractivity contribution in [3.63, 3.8) is 0 Å². The van der Waals surface area contributed by atoms with Crippen LogP contribution in [0.1, 0.15) is 21.5 Å². The molecule has 182 valence electrons. The highest BCUT2D eigenvalue weighted by molar-refractivity contribution is 6.13. The number of pyridine rings is 1. The van der Waals surface area contributed by atoms with Crippen molar-refractivity contribution in [2.45, 2.75) is 13.5 Å². The largest absolute Gasteiger partial charge is 1.00 e. The molecule has 1 aromatic heterocycles. The minimum absolute atomic E-state index is 0. The molecular weight excluding hydrogens is 466 g/mol. The Hall–Kier alpha value is -3.75. The number of aromatic nitrogens is 1. The van der Waals surface area contributed by atoms with E-state index in [1.807, 2.05) is 51.4 Å². The zero-order valence-electron chi connectivity index (χ0n) is 19.9. The van der Waals surface area contributed by atoms with Crippen LogP contribution in [0.2, 0.25) is 0 Å². The van der Waals surface area contributed by atoms with Crippen molar-refractivity contribution in [2.75, 3.05) is 32.9 Å². The molecule has 35 heavy (non-hydrogen) atoms. The van der Waals surface area contributed by atoms with Crippen LogP contribution in [0.4, 0.5) is 11.4 Å². The maximum Gasteiger partial charge on any atom is 0.278 e. The number of halogens is 1. The molecule has 9 heteroatoms. The van der Waals surface area contributed by atoms with E-state index in [9.17, 15) is 14.9 Å². The molecule has 0 aliphatic heterocycles. The highest BCUT2D eigenvalue weighted by Crippen LogP contribution is 2.31. The van der Waals surface area contributed by atoms with Gasteiger partial charge in [0.25, 0.3) is 11.6 Å². The van der Waals surface area contributed by atoms with Crippen LogP contribution in [0, 0.1) is 17.0 Å². The highest BCUT2D eigenvalue weighted by Gasteiger charge is 2.23. The second kappa shape index (κ2) is 10.2. The fourth-order valence-electron chi connectivity index (χ4n) is 4.28. The van der Waals surface area contributed by atoms with Crippen molar-refractivity contribution in [1.29, 1.82) is 0 Å². The molecule has 0 saturated carbocycles. The van der Waals surface area contributed by atoms with Gasteiger partial charge < -0.3 is 27.9 Å². The average Bonchev–Trinajstić information content (AvgIpc) is 2.79. The number of benzene rings is 3. The summed E-state index contributed by atoms with van der Waals surface area (Å²) in [5, 5.41) is 15.9. The molecule has 3 N–H and O–H groups in total. The lowest BCUT2D eigenvalue weighted by molar-refractivity contribution is -0.902. The average molecular weight is 494 g/mol. The number of nitrogen functional groups attached to an aromatic ring is 1. The fraction of sp³-hybridized carbons (Fsp3) is 0.231. The number of amides is 1. The van der Waals surface area contributed by atoms with Crippen LogP contribution < -0.4 is 23.5 Å². The van der Waals surface area contributed by atoms with Crippen molar-refractivity contribution in [3.8, 4) is 0 Å². The van der Waals surface area contributed by atoms with E-state index < -0.39 is 0 Å². The predicted molar refractivity (Wildman–Crippen MR) is 135 cm³/mol. The summed E-state index contributed by atoms with van der Waals surface area (Å²) >= 11 is 0. The van der Waals surface area contributed by atoms with Crippen LogP contribution >= 0.6 is 0 Å². The molecule has 4 aromatic rings. The van der Waals surface area contributed by atoms with Gasteiger partial charge in [0.2, 0.25) is 0 Å². The molecule has 3 aromatic carbocycles. The van der Waals surface area contributed by atoms with Crippen LogP contribution in [0.25, 0.3) is 21.8 Å². The molecule has 1 amide bonds. The van der Waals surface area contributed by atoms with Gasteiger partial charge in [0.15, 0.2) is 0 Å². The van der Waals surface area contributed by atoms with Gasteiger partial charge >= 0.3 is 0 Å². The first-order valence-electron chi connectivity index (χ1n) is 11.1. The Balaban J connectivity index is 0.00000342. The molecular formula is C26H28ClN5O3. The normalized spacial score (nSPS) is 11.3. The molecule has 1 heterocycles. The Morgan fingerprint density at radius 3 is 2.40 bits per heavy atom. The summed E-state index contributed by atoms with van der Waals surface area (Å²) in [6, 6.07) is 18.1. The molecule has 0 aliphatic carbocycles. The van der Waals surface area contributed by atoms with E-state index >= 15 is 0 Å².